The molecule has 1 fully saturated rings. The maximum absolute atomic E-state index is 11.0. The molecule has 11 heteroatoms. The molecule has 5 rings (SSSR count). The summed E-state index contributed by atoms with van der Waals surface area (Å²) in [4.78, 5) is 24.8. The molecule has 1 aliphatic rings. The van der Waals surface area contributed by atoms with Crippen molar-refractivity contribution in [3.05, 3.63) is 58.3 Å². The molecule has 1 atom stereocenters. The molecule has 1 saturated carbocycles. The van der Waals surface area contributed by atoms with Crippen LogP contribution in [0.2, 0.25) is 10.0 Å². The number of nitrogens with zero attached hydrogens (tertiary/aromatic N) is 4. The fraction of sp³-hybridized carbons (Fsp3) is 0.357. The van der Waals surface area contributed by atoms with Gasteiger partial charge in [-0.25, -0.2) is 9.97 Å². The maximum Gasteiger partial charge on any atom is 0.303 e. The van der Waals surface area contributed by atoms with Crippen LogP contribution in [0.25, 0.3) is 22.6 Å². The molecule has 0 amide bonds. The number of benzene rings is 2. The van der Waals surface area contributed by atoms with Gasteiger partial charge in [0.25, 0.3) is 0 Å². The number of ether oxygens (including phenoxy) is 3. The quantitative estimate of drug-likeness (QED) is 0.224. The van der Waals surface area contributed by atoms with Gasteiger partial charge in [0.1, 0.15) is 29.3 Å². The summed E-state index contributed by atoms with van der Waals surface area (Å²) >= 11 is 13.1. The van der Waals surface area contributed by atoms with Gasteiger partial charge in [-0.15, -0.1) is 0 Å². The Morgan fingerprint density at radius 2 is 1.97 bits per heavy atom. The molecule has 0 saturated heterocycles. The van der Waals surface area contributed by atoms with Gasteiger partial charge >= 0.3 is 5.97 Å². The van der Waals surface area contributed by atoms with E-state index in [2.05, 4.69) is 9.97 Å². The lowest BCUT2D eigenvalue weighted by Gasteiger charge is -2.15. The van der Waals surface area contributed by atoms with E-state index in [0.29, 0.717) is 56.5 Å². The van der Waals surface area contributed by atoms with Crippen molar-refractivity contribution in [3.63, 3.8) is 0 Å². The molecule has 1 N–H and O–H groups in total. The van der Waals surface area contributed by atoms with Crippen molar-refractivity contribution in [3.8, 4) is 28.8 Å². The highest BCUT2D eigenvalue weighted by Gasteiger charge is 2.41. The van der Waals surface area contributed by atoms with E-state index in [1.807, 2.05) is 36.6 Å². The van der Waals surface area contributed by atoms with E-state index in [9.17, 15) is 4.79 Å². The zero-order valence-corrected chi connectivity index (χ0v) is 23.3. The van der Waals surface area contributed by atoms with Gasteiger partial charge in [-0.1, -0.05) is 30.1 Å². The second kappa shape index (κ2) is 10.9. The Balaban J connectivity index is 1.56. The molecule has 1 unspecified atom stereocenters. The Hall–Kier alpha value is -3.56. The number of carboxylic acids is 1. The van der Waals surface area contributed by atoms with Crippen LogP contribution in [-0.2, 0) is 11.3 Å². The molecule has 2 aromatic carbocycles. The van der Waals surface area contributed by atoms with Gasteiger partial charge in [-0.2, -0.15) is 4.98 Å². The summed E-state index contributed by atoms with van der Waals surface area (Å²) in [5.74, 6) is 1.18. The monoisotopic (exact) mass is 570 g/mol. The molecular weight excluding hydrogens is 543 g/mol. The molecule has 0 bridgehead atoms. The standard InChI is InChI=1S/C28H28Cl2N4O5/c1-16(10-23(35)36)14-38-19-5-6-20(21(30)12-19)25-33-24-26(31-15-32-27(24)39-28(2)8-9-28)34(25)13-17-11-18(29)4-7-22(17)37-3/h4-7,11-12,15-16H,8-10,13-14H2,1-3H3,(H,35,36). The SMILES string of the molecule is COc1ccc(Cl)cc1Cn1c(-c2ccc(OCC(C)CC(=O)O)cc2Cl)nc2c(OC3(C)CC3)ncnc21. The third kappa shape index (κ3) is 6.04. The summed E-state index contributed by atoms with van der Waals surface area (Å²) in [5.41, 5.74) is 2.35. The highest BCUT2D eigenvalue weighted by molar-refractivity contribution is 6.33. The normalized spacial score (nSPS) is 14.7. The Morgan fingerprint density at radius 1 is 1.18 bits per heavy atom. The smallest absolute Gasteiger partial charge is 0.303 e. The average Bonchev–Trinajstić information content (AvgIpc) is 3.50. The minimum absolute atomic E-state index is 0.0211. The minimum Gasteiger partial charge on any atom is -0.496 e. The van der Waals surface area contributed by atoms with Crippen LogP contribution in [0, 0.1) is 5.92 Å². The van der Waals surface area contributed by atoms with Gasteiger partial charge in [0.15, 0.2) is 11.2 Å². The largest absolute Gasteiger partial charge is 0.496 e. The average molecular weight is 571 g/mol. The van der Waals surface area contributed by atoms with Gasteiger partial charge in [0.2, 0.25) is 5.88 Å². The van der Waals surface area contributed by atoms with Crippen LogP contribution >= 0.6 is 23.2 Å². The number of halogens is 2. The summed E-state index contributed by atoms with van der Waals surface area (Å²) < 4.78 is 19.5. The lowest BCUT2D eigenvalue weighted by atomic mass is 10.1. The Labute approximate surface area is 235 Å². The second-order valence-corrected chi connectivity index (χ2v) is 10.9. The first-order chi connectivity index (χ1) is 18.7. The molecular formula is C28H28Cl2N4O5. The van der Waals surface area contributed by atoms with Crippen LogP contribution in [0.5, 0.6) is 17.4 Å². The van der Waals surface area contributed by atoms with Crippen LogP contribution in [0.1, 0.15) is 38.7 Å². The van der Waals surface area contributed by atoms with Crippen molar-refractivity contribution in [1.82, 2.24) is 19.5 Å². The number of rotatable bonds is 11. The molecule has 0 spiro atoms. The van der Waals surface area contributed by atoms with Gasteiger partial charge in [0, 0.05) is 22.1 Å². The number of imidazole rings is 1. The van der Waals surface area contributed by atoms with Gasteiger partial charge in [-0.05, 0) is 56.2 Å². The molecule has 2 aromatic heterocycles. The van der Waals surface area contributed by atoms with Crippen molar-refractivity contribution >= 4 is 40.3 Å². The second-order valence-electron chi connectivity index (χ2n) is 10.0. The third-order valence-electron chi connectivity index (χ3n) is 6.61. The summed E-state index contributed by atoms with van der Waals surface area (Å²) in [6.45, 7) is 4.47. The van der Waals surface area contributed by atoms with E-state index in [1.165, 1.54) is 6.33 Å². The number of aliphatic carboxylic acids is 1. The van der Waals surface area contributed by atoms with Gasteiger partial charge < -0.3 is 23.9 Å². The summed E-state index contributed by atoms with van der Waals surface area (Å²) in [6.07, 6.45) is 3.39. The first-order valence-corrected chi connectivity index (χ1v) is 13.3. The predicted molar refractivity (Wildman–Crippen MR) is 148 cm³/mol. The molecule has 0 radical (unpaired) electrons. The fourth-order valence-corrected chi connectivity index (χ4v) is 4.71. The first kappa shape index (κ1) is 27.0. The molecule has 39 heavy (non-hydrogen) atoms. The van der Waals surface area contributed by atoms with E-state index in [1.54, 1.807) is 25.3 Å². The third-order valence-corrected chi connectivity index (χ3v) is 7.15. The fourth-order valence-electron chi connectivity index (χ4n) is 4.26. The molecule has 4 aromatic rings. The Kier molecular flexibility index (Phi) is 7.55. The zero-order chi connectivity index (χ0) is 27.7. The van der Waals surface area contributed by atoms with Crippen molar-refractivity contribution in [2.75, 3.05) is 13.7 Å². The molecule has 9 nitrogen and oxygen atoms in total. The summed E-state index contributed by atoms with van der Waals surface area (Å²) in [6, 6.07) is 10.7. The van der Waals surface area contributed by atoms with E-state index in [-0.39, 0.29) is 24.5 Å². The topological polar surface area (TPSA) is 109 Å². The van der Waals surface area contributed by atoms with Crippen LogP contribution in [-0.4, -0.2) is 49.9 Å². The minimum atomic E-state index is -0.864. The Morgan fingerprint density at radius 3 is 2.67 bits per heavy atom. The number of carboxylic acid groups (broad SMARTS) is 1. The molecule has 0 aliphatic heterocycles. The number of fused-ring (bicyclic) bond motifs is 1. The van der Waals surface area contributed by atoms with E-state index in [0.717, 1.165) is 18.4 Å². The number of aromatic nitrogens is 4. The summed E-state index contributed by atoms with van der Waals surface area (Å²) in [5, 5.41) is 9.99. The number of hydrogen-bond donors (Lipinski definition) is 1. The van der Waals surface area contributed by atoms with E-state index < -0.39 is 5.97 Å². The Bertz CT molecular complexity index is 1540. The van der Waals surface area contributed by atoms with E-state index in [4.69, 9.17) is 47.5 Å². The summed E-state index contributed by atoms with van der Waals surface area (Å²) in [7, 11) is 1.61. The molecule has 2 heterocycles. The number of hydrogen-bond acceptors (Lipinski definition) is 7. The van der Waals surface area contributed by atoms with Gasteiger partial charge in [0.05, 0.1) is 31.7 Å². The highest BCUT2D eigenvalue weighted by Crippen LogP contribution is 2.41. The van der Waals surface area contributed by atoms with E-state index >= 15 is 0 Å². The van der Waals surface area contributed by atoms with Crippen LogP contribution in [0.15, 0.2) is 42.7 Å². The molecule has 204 valence electrons. The van der Waals surface area contributed by atoms with Crippen LogP contribution in [0.4, 0.5) is 0 Å². The number of carbonyl (C=O) groups is 1. The zero-order valence-electron chi connectivity index (χ0n) is 21.8. The highest BCUT2D eigenvalue weighted by atomic mass is 35.5. The van der Waals surface area contributed by atoms with Crippen molar-refractivity contribution < 1.29 is 24.1 Å². The van der Waals surface area contributed by atoms with Crippen molar-refractivity contribution in [2.24, 2.45) is 5.92 Å². The lowest BCUT2D eigenvalue weighted by molar-refractivity contribution is -0.138. The van der Waals surface area contributed by atoms with Crippen LogP contribution < -0.4 is 14.2 Å². The number of methoxy groups -OCH3 is 1. The van der Waals surface area contributed by atoms with Crippen molar-refractivity contribution in [2.45, 2.75) is 45.3 Å². The predicted octanol–water partition coefficient (Wildman–Crippen LogP) is 6.28. The van der Waals surface area contributed by atoms with Gasteiger partial charge in [-0.3, -0.25) is 4.79 Å². The maximum atomic E-state index is 11.0. The van der Waals surface area contributed by atoms with Crippen molar-refractivity contribution in [1.29, 1.82) is 0 Å². The van der Waals surface area contributed by atoms with Crippen LogP contribution in [0.3, 0.4) is 0 Å². The first-order valence-electron chi connectivity index (χ1n) is 12.5. The molecule has 1 aliphatic carbocycles. The lowest BCUT2D eigenvalue weighted by Crippen LogP contribution is -2.13.